The predicted octanol–water partition coefficient (Wildman–Crippen LogP) is 4.81. The topological polar surface area (TPSA) is 69.3 Å². The Hall–Kier alpha value is -3.71. The molecule has 0 unspecified atom stereocenters. The average Bonchev–Trinajstić information content (AvgIpc) is 3.50. The molecule has 6 nitrogen and oxygen atoms in total. The van der Waals surface area contributed by atoms with Gasteiger partial charge in [-0.3, -0.25) is 14.0 Å². The normalized spacial score (nSPS) is 13.0. The van der Waals surface area contributed by atoms with Crippen molar-refractivity contribution in [3.8, 4) is 5.69 Å². The fourth-order valence-corrected chi connectivity index (χ4v) is 5.49. The van der Waals surface area contributed by atoms with Gasteiger partial charge in [-0.2, -0.15) is 0 Å². The molecule has 0 bridgehead atoms. The molecule has 0 radical (unpaired) electrons. The highest BCUT2D eigenvalue weighted by molar-refractivity contribution is 7.99. The second kappa shape index (κ2) is 8.25. The minimum absolute atomic E-state index is 0.0626. The van der Waals surface area contributed by atoms with E-state index in [0.717, 1.165) is 41.6 Å². The van der Waals surface area contributed by atoms with Gasteiger partial charge in [0.2, 0.25) is 5.78 Å². The molecule has 34 heavy (non-hydrogen) atoms. The molecule has 0 fully saturated rings. The minimum Gasteiger partial charge on any atom is -0.293 e. The number of hydrogen-bond acceptors (Lipinski definition) is 5. The molecular formula is C27H22N4O2S. The van der Waals surface area contributed by atoms with Crippen molar-refractivity contribution >= 4 is 34.2 Å². The van der Waals surface area contributed by atoms with Crippen molar-refractivity contribution in [2.75, 3.05) is 5.75 Å². The van der Waals surface area contributed by atoms with Crippen LogP contribution in [0.1, 0.15) is 33.5 Å². The summed E-state index contributed by atoms with van der Waals surface area (Å²) in [6.45, 7) is 2.01. The molecule has 2 heterocycles. The highest BCUT2D eigenvalue weighted by Crippen LogP contribution is 2.26. The van der Waals surface area contributed by atoms with Crippen LogP contribution < -0.4 is 5.56 Å². The van der Waals surface area contributed by atoms with Crippen molar-refractivity contribution in [3.05, 3.63) is 99.3 Å². The highest BCUT2D eigenvalue weighted by atomic mass is 32.2. The number of rotatable bonds is 5. The quantitative estimate of drug-likeness (QED) is 0.275. The van der Waals surface area contributed by atoms with Crippen LogP contribution in [0.25, 0.3) is 22.4 Å². The van der Waals surface area contributed by atoms with Crippen LogP contribution in [0.15, 0.2) is 76.7 Å². The average molecular weight is 467 g/mol. The second-order valence-corrected chi connectivity index (χ2v) is 9.60. The Bertz CT molecular complexity index is 1630. The molecule has 0 atom stereocenters. The zero-order valence-corrected chi connectivity index (χ0v) is 19.5. The van der Waals surface area contributed by atoms with Gasteiger partial charge in [0.05, 0.1) is 22.3 Å². The lowest BCUT2D eigenvalue weighted by atomic mass is 10.0. The Morgan fingerprint density at radius 1 is 0.971 bits per heavy atom. The summed E-state index contributed by atoms with van der Waals surface area (Å²) in [5.41, 5.74) is 5.79. The fraction of sp³-hybridized carbons (Fsp3) is 0.185. The van der Waals surface area contributed by atoms with Crippen LogP contribution in [-0.4, -0.2) is 30.7 Å². The van der Waals surface area contributed by atoms with Crippen molar-refractivity contribution in [2.45, 2.75) is 31.3 Å². The van der Waals surface area contributed by atoms with E-state index in [1.54, 1.807) is 4.57 Å². The Balaban J connectivity index is 1.42. The Labute approximate surface area is 200 Å². The van der Waals surface area contributed by atoms with Gasteiger partial charge in [-0.15, -0.1) is 10.2 Å². The van der Waals surface area contributed by atoms with Gasteiger partial charge in [0.15, 0.2) is 10.9 Å². The van der Waals surface area contributed by atoms with Gasteiger partial charge >= 0.3 is 0 Å². The van der Waals surface area contributed by atoms with E-state index in [-0.39, 0.29) is 17.1 Å². The SMILES string of the molecule is Cc1ccc(-n2c(=O)c3ccccc3n3c(SCC(=O)c4ccc5c(c4)CCC5)nnc23)cc1. The van der Waals surface area contributed by atoms with Crippen LogP contribution in [0.2, 0.25) is 0 Å². The Morgan fingerprint density at radius 2 is 1.76 bits per heavy atom. The lowest BCUT2D eigenvalue weighted by Crippen LogP contribution is -2.21. The molecular weight excluding hydrogens is 444 g/mol. The van der Waals surface area contributed by atoms with Gasteiger partial charge in [0.25, 0.3) is 5.56 Å². The molecule has 5 aromatic rings. The first-order valence-electron chi connectivity index (χ1n) is 11.3. The molecule has 168 valence electrons. The number of aryl methyl sites for hydroxylation is 3. The number of para-hydroxylation sites is 1. The van der Waals surface area contributed by atoms with Gasteiger partial charge in [-0.25, -0.2) is 4.57 Å². The highest BCUT2D eigenvalue weighted by Gasteiger charge is 2.19. The molecule has 0 amide bonds. The summed E-state index contributed by atoms with van der Waals surface area (Å²) in [6.07, 6.45) is 3.30. The van der Waals surface area contributed by atoms with E-state index in [0.29, 0.717) is 16.3 Å². The van der Waals surface area contributed by atoms with Crippen LogP contribution in [0.4, 0.5) is 0 Å². The van der Waals surface area contributed by atoms with E-state index in [9.17, 15) is 9.59 Å². The third-order valence-electron chi connectivity index (χ3n) is 6.44. The molecule has 0 spiro atoms. The molecule has 0 saturated carbocycles. The third kappa shape index (κ3) is 3.44. The number of carbonyl (C=O) groups excluding carboxylic acids is 1. The van der Waals surface area contributed by atoms with Gasteiger partial charge in [0, 0.05) is 5.56 Å². The lowest BCUT2D eigenvalue weighted by molar-refractivity contribution is 0.102. The zero-order chi connectivity index (χ0) is 23.2. The first-order chi connectivity index (χ1) is 16.6. The molecule has 1 aliphatic carbocycles. The summed E-state index contributed by atoms with van der Waals surface area (Å²) in [5, 5.41) is 9.90. The fourth-order valence-electron chi connectivity index (χ4n) is 4.66. The number of carbonyl (C=O) groups is 1. The second-order valence-electron chi connectivity index (χ2n) is 8.66. The summed E-state index contributed by atoms with van der Waals surface area (Å²) in [5.74, 6) is 0.741. The van der Waals surface area contributed by atoms with Crippen LogP contribution in [0.5, 0.6) is 0 Å². The van der Waals surface area contributed by atoms with E-state index in [2.05, 4.69) is 16.3 Å². The summed E-state index contributed by atoms with van der Waals surface area (Å²) >= 11 is 1.34. The number of Topliss-reactive ketones (excluding diaryl/α,β-unsaturated/α-hetero) is 1. The van der Waals surface area contributed by atoms with Gasteiger partial charge in [0.1, 0.15) is 0 Å². The van der Waals surface area contributed by atoms with Crippen LogP contribution in [0, 0.1) is 6.92 Å². The summed E-state index contributed by atoms with van der Waals surface area (Å²) in [4.78, 5) is 26.4. The number of fused-ring (bicyclic) bond motifs is 4. The summed E-state index contributed by atoms with van der Waals surface area (Å²) in [7, 11) is 0. The molecule has 2 aromatic heterocycles. The summed E-state index contributed by atoms with van der Waals surface area (Å²) < 4.78 is 3.46. The first kappa shape index (κ1) is 20.9. The Kier molecular flexibility index (Phi) is 5.07. The van der Waals surface area contributed by atoms with E-state index >= 15 is 0 Å². The maximum atomic E-state index is 13.4. The lowest BCUT2D eigenvalue weighted by Gasteiger charge is -2.11. The first-order valence-corrected chi connectivity index (χ1v) is 12.3. The van der Waals surface area contributed by atoms with E-state index in [4.69, 9.17) is 0 Å². The number of thioether (sulfide) groups is 1. The van der Waals surface area contributed by atoms with Crippen molar-refractivity contribution in [1.82, 2.24) is 19.2 Å². The standard InChI is InChI=1S/C27H22N4O2S/c1-17-9-13-21(14-10-17)30-25(33)22-7-2-3-8-23(22)31-26(30)28-29-27(31)34-16-24(32)20-12-11-18-5-4-6-19(18)15-20/h2-3,7-15H,4-6,16H2,1H3. The predicted molar refractivity (Wildman–Crippen MR) is 134 cm³/mol. The van der Waals surface area contributed by atoms with Gasteiger partial charge in [-0.05, 0) is 67.6 Å². The number of ketones is 1. The maximum absolute atomic E-state index is 13.4. The number of hydrogen-bond donors (Lipinski definition) is 0. The van der Waals surface area contributed by atoms with Crippen molar-refractivity contribution < 1.29 is 4.79 Å². The molecule has 0 saturated heterocycles. The van der Waals surface area contributed by atoms with Crippen LogP contribution in [0.3, 0.4) is 0 Å². The monoisotopic (exact) mass is 466 g/mol. The molecule has 1 aliphatic rings. The van der Waals surface area contributed by atoms with Crippen molar-refractivity contribution in [1.29, 1.82) is 0 Å². The van der Waals surface area contributed by atoms with Crippen molar-refractivity contribution in [3.63, 3.8) is 0 Å². The molecule has 7 heteroatoms. The smallest absolute Gasteiger partial charge is 0.267 e. The number of aromatic nitrogens is 4. The van der Waals surface area contributed by atoms with Crippen LogP contribution >= 0.6 is 11.8 Å². The number of benzene rings is 3. The van der Waals surface area contributed by atoms with E-state index in [1.165, 1.54) is 22.9 Å². The molecule has 3 aromatic carbocycles. The maximum Gasteiger partial charge on any atom is 0.267 e. The van der Waals surface area contributed by atoms with Gasteiger partial charge < -0.3 is 0 Å². The molecule has 0 N–H and O–H groups in total. The molecule has 6 rings (SSSR count). The number of nitrogens with zero attached hydrogens (tertiary/aromatic N) is 4. The van der Waals surface area contributed by atoms with Gasteiger partial charge in [-0.1, -0.05) is 53.7 Å². The van der Waals surface area contributed by atoms with E-state index in [1.807, 2.05) is 72.0 Å². The third-order valence-corrected chi connectivity index (χ3v) is 7.37. The van der Waals surface area contributed by atoms with Crippen molar-refractivity contribution in [2.24, 2.45) is 0 Å². The molecule has 0 aliphatic heterocycles. The van der Waals surface area contributed by atoms with E-state index < -0.39 is 0 Å². The summed E-state index contributed by atoms with van der Waals surface area (Å²) in [6, 6.07) is 21.2. The Morgan fingerprint density at radius 3 is 2.62 bits per heavy atom. The largest absolute Gasteiger partial charge is 0.293 e. The minimum atomic E-state index is -0.148. The zero-order valence-electron chi connectivity index (χ0n) is 18.7. The van der Waals surface area contributed by atoms with Crippen LogP contribution in [-0.2, 0) is 12.8 Å².